The van der Waals surface area contributed by atoms with Crippen LogP contribution < -0.4 is 0 Å². The zero-order valence-electron chi connectivity index (χ0n) is 7.44. The number of hydrogen-bond acceptors (Lipinski definition) is 1. The van der Waals surface area contributed by atoms with E-state index in [1.54, 1.807) is 6.08 Å². The molecule has 1 aromatic rings. The van der Waals surface area contributed by atoms with Crippen LogP contribution in [-0.4, -0.2) is 0 Å². The Bertz CT molecular complexity index is 309. The third-order valence-corrected chi connectivity index (χ3v) is 1.50. The smallest absolute Gasteiger partial charge is 0.119 e. The van der Waals surface area contributed by atoms with Crippen molar-refractivity contribution in [3.63, 3.8) is 0 Å². The molecule has 0 amide bonds. The van der Waals surface area contributed by atoms with Gasteiger partial charge in [0.05, 0.1) is 6.26 Å². The summed E-state index contributed by atoms with van der Waals surface area (Å²) in [5.41, 5.74) is 1.12. The highest BCUT2D eigenvalue weighted by molar-refractivity contribution is 5.51. The van der Waals surface area contributed by atoms with E-state index >= 15 is 0 Å². The summed E-state index contributed by atoms with van der Waals surface area (Å²) < 4.78 is 4.95. The minimum atomic E-state index is 0.582. The van der Waals surface area contributed by atoms with Gasteiger partial charge in [-0.1, -0.05) is 49.6 Å². The lowest BCUT2D eigenvalue weighted by molar-refractivity contribution is 0.373. The summed E-state index contributed by atoms with van der Waals surface area (Å²) in [5.74, 6) is 0.582. The molecule has 0 bridgehead atoms. The predicted molar refractivity (Wildman–Crippen MR) is 55.9 cm³/mol. The minimum absolute atomic E-state index is 0.582. The molecule has 0 atom stereocenters. The molecule has 1 heteroatoms. The second kappa shape index (κ2) is 4.99. The van der Waals surface area contributed by atoms with Crippen LogP contribution in [0.5, 0.6) is 0 Å². The molecule has 0 aliphatic heterocycles. The van der Waals surface area contributed by atoms with Gasteiger partial charge < -0.3 is 4.74 Å². The van der Waals surface area contributed by atoms with Crippen LogP contribution in [0.1, 0.15) is 5.56 Å². The van der Waals surface area contributed by atoms with Crippen molar-refractivity contribution in [2.45, 2.75) is 0 Å². The van der Waals surface area contributed by atoms with Crippen molar-refractivity contribution in [3.8, 4) is 0 Å². The van der Waals surface area contributed by atoms with Gasteiger partial charge in [0.25, 0.3) is 0 Å². The maximum absolute atomic E-state index is 4.95. The lowest BCUT2D eigenvalue weighted by Gasteiger charge is -1.96. The van der Waals surface area contributed by atoms with E-state index < -0.39 is 0 Å². The van der Waals surface area contributed by atoms with E-state index in [0.29, 0.717) is 5.76 Å². The zero-order valence-corrected chi connectivity index (χ0v) is 7.44. The monoisotopic (exact) mass is 172 g/mol. The third kappa shape index (κ3) is 3.43. The molecule has 0 unspecified atom stereocenters. The Morgan fingerprint density at radius 1 is 1.23 bits per heavy atom. The van der Waals surface area contributed by atoms with Gasteiger partial charge in [0.2, 0.25) is 0 Å². The van der Waals surface area contributed by atoms with Gasteiger partial charge in [0.1, 0.15) is 5.76 Å². The van der Waals surface area contributed by atoms with Crippen LogP contribution in [0, 0.1) is 0 Å². The fourth-order valence-corrected chi connectivity index (χ4v) is 0.900. The highest BCUT2D eigenvalue weighted by Crippen LogP contribution is 2.04. The summed E-state index contributed by atoms with van der Waals surface area (Å²) >= 11 is 0. The Balaban J connectivity index is 2.58. The van der Waals surface area contributed by atoms with Gasteiger partial charge in [-0.15, -0.1) is 0 Å². The Morgan fingerprint density at radius 2 is 1.92 bits per heavy atom. The van der Waals surface area contributed by atoms with Crippen molar-refractivity contribution in [1.29, 1.82) is 0 Å². The number of ether oxygens (including phenoxy) is 1. The zero-order chi connectivity index (χ0) is 9.52. The summed E-state index contributed by atoms with van der Waals surface area (Å²) in [6.45, 7) is 7.12. The van der Waals surface area contributed by atoms with Gasteiger partial charge in [0, 0.05) is 0 Å². The van der Waals surface area contributed by atoms with Gasteiger partial charge >= 0.3 is 0 Å². The van der Waals surface area contributed by atoms with E-state index in [2.05, 4.69) is 13.2 Å². The average molecular weight is 172 g/mol. The first-order chi connectivity index (χ1) is 6.33. The number of rotatable bonds is 4. The molecule has 0 aliphatic carbocycles. The van der Waals surface area contributed by atoms with Crippen LogP contribution in [0.4, 0.5) is 0 Å². The van der Waals surface area contributed by atoms with Crippen molar-refractivity contribution in [2.24, 2.45) is 0 Å². The molecule has 0 N–H and O–H groups in total. The highest BCUT2D eigenvalue weighted by Gasteiger charge is 1.85. The lowest BCUT2D eigenvalue weighted by atomic mass is 10.2. The second-order valence-corrected chi connectivity index (χ2v) is 2.49. The average Bonchev–Trinajstić information content (AvgIpc) is 2.17. The largest absolute Gasteiger partial charge is 0.466 e. The Hall–Kier alpha value is -1.76. The van der Waals surface area contributed by atoms with Gasteiger partial charge in [0.15, 0.2) is 0 Å². The van der Waals surface area contributed by atoms with Crippen LogP contribution in [0.3, 0.4) is 0 Å². The molecule has 1 rings (SSSR count). The normalized spacial score (nSPS) is 9.85. The molecule has 0 saturated heterocycles. The van der Waals surface area contributed by atoms with E-state index in [0.717, 1.165) is 5.56 Å². The molecule has 1 nitrogen and oxygen atoms in total. The summed E-state index contributed by atoms with van der Waals surface area (Å²) in [7, 11) is 0. The lowest BCUT2D eigenvalue weighted by Crippen LogP contribution is -1.76. The maximum atomic E-state index is 4.95. The summed E-state index contributed by atoms with van der Waals surface area (Å²) in [4.78, 5) is 0. The molecule has 66 valence electrons. The quantitative estimate of drug-likeness (QED) is 0.499. The van der Waals surface area contributed by atoms with E-state index in [1.807, 2.05) is 36.4 Å². The van der Waals surface area contributed by atoms with Gasteiger partial charge in [-0.2, -0.15) is 0 Å². The van der Waals surface area contributed by atoms with Crippen molar-refractivity contribution < 1.29 is 4.74 Å². The van der Waals surface area contributed by atoms with Crippen LogP contribution in [0.2, 0.25) is 0 Å². The first-order valence-corrected chi connectivity index (χ1v) is 4.02. The summed E-state index contributed by atoms with van der Waals surface area (Å²) in [6.07, 6.45) is 5.10. The molecule has 0 aliphatic rings. The second-order valence-electron chi connectivity index (χ2n) is 2.49. The molecular formula is C12H12O. The standard InChI is InChI=1S/C12H12O/c1-3-13-11(2)9-10-12-7-5-4-6-8-12/h3-10H,1-2H2. The molecule has 13 heavy (non-hydrogen) atoms. The number of hydrogen-bond donors (Lipinski definition) is 0. The Kier molecular flexibility index (Phi) is 3.58. The van der Waals surface area contributed by atoms with Gasteiger partial charge in [-0.05, 0) is 11.6 Å². The Morgan fingerprint density at radius 3 is 2.54 bits per heavy atom. The SMILES string of the molecule is C=COC(=C)C=Cc1ccccc1. The predicted octanol–water partition coefficient (Wildman–Crippen LogP) is 3.37. The van der Waals surface area contributed by atoms with Crippen LogP contribution >= 0.6 is 0 Å². The minimum Gasteiger partial charge on any atom is -0.466 e. The maximum Gasteiger partial charge on any atom is 0.119 e. The van der Waals surface area contributed by atoms with E-state index in [-0.39, 0.29) is 0 Å². The fraction of sp³-hybridized carbons (Fsp3) is 0. The molecule has 1 aromatic carbocycles. The van der Waals surface area contributed by atoms with E-state index in [4.69, 9.17) is 4.74 Å². The number of benzene rings is 1. The fourth-order valence-electron chi connectivity index (χ4n) is 0.900. The first kappa shape index (κ1) is 9.33. The van der Waals surface area contributed by atoms with E-state index in [9.17, 15) is 0 Å². The molecule has 0 heterocycles. The molecule has 0 radical (unpaired) electrons. The molecule has 0 fully saturated rings. The molecule has 0 aromatic heterocycles. The van der Waals surface area contributed by atoms with Crippen molar-refractivity contribution in [2.75, 3.05) is 0 Å². The van der Waals surface area contributed by atoms with Crippen LogP contribution in [0.15, 0.2) is 61.6 Å². The number of allylic oxidation sites excluding steroid dienone is 1. The van der Waals surface area contributed by atoms with Crippen molar-refractivity contribution >= 4 is 6.08 Å². The van der Waals surface area contributed by atoms with E-state index in [1.165, 1.54) is 6.26 Å². The highest BCUT2D eigenvalue weighted by atomic mass is 16.5. The Labute approximate surface area is 78.7 Å². The van der Waals surface area contributed by atoms with Gasteiger partial charge in [-0.3, -0.25) is 0 Å². The molecule has 0 spiro atoms. The van der Waals surface area contributed by atoms with Crippen LogP contribution in [-0.2, 0) is 4.74 Å². The first-order valence-electron chi connectivity index (χ1n) is 4.02. The summed E-state index contributed by atoms with van der Waals surface area (Å²) in [6, 6.07) is 9.97. The van der Waals surface area contributed by atoms with Crippen molar-refractivity contribution in [1.82, 2.24) is 0 Å². The third-order valence-electron chi connectivity index (χ3n) is 1.50. The summed E-state index contributed by atoms with van der Waals surface area (Å²) in [5, 5.41) is 0. The van der Waals surface area contributed by atoms with Crippen LogP contribution in [0.25, 0.3) is 6.08 Å². The molecule has 0 saturated carbocycles. The molecular weight excluding hydrogens is 160 g/mol. The topological polar surface area (TPSA) is 9.23 Å². The van der Waals surface area contributed by atoms with Crippen molar-refractivity contribution in [3.05, 3.63) is 67.2 Å². The van der Waals surface area contributed by atoms with Gasteiger partial charge in [-0.25, -0.2) is 0 Å².